The number of aliphatic hydroxyl groups excluding tert-OH is 1. The van der Waals surface area contributed by atoms with Crippen LogP contribution in [0.5, 0.6) is 0 Å². The SMILES string of the molecule is Cc1nc2c(F)cc(C3(C)N=C(NC4(CO)CCOCC4)NC=C3Cl)cc2n1C(C)C. The first-order chi connectivity index (χ1) is 14.7. The van der Waals surface area contributed by atoms with Crippen LogP contribution in [0.1, 0.15) is 51.0 Å². The molecule has 0 saturated carbocycles. The number of aryl methyl sites for hydroxylation is 1. The summed E-state index contributed by atoms with van der Waals surface area (Å²) in [5, 5.41) is 16.9. The molecule has 3 heterocycles. The van der Waals surface area contributed by atoms with E-state index in [0.717, 1.165) is 5.82 Å². The summed E-state index contributed by atoms with van der Waals surface area (Å²) < 4.78 is 22.5. The van der Waals surface area contributed by atoms with Crippen LogP contribution in [0.2, 0.25) is 0 Å². The van der Waals surface area contributed by atoms with Crippen LogP contribution >= 0.6 is 11.6 Å². The smallest absolute Gasteiger partial charge is 0.197 e. The van der Waals surface area contributed by atoms with Crippen LogP contribution in [0.3, 0.4) is 0 Å². The highest BCUT2D eigenvalue weighted by atomic mass is 35.5. The summed E-state index contributed by atoms with van der Waals surface area (Å²) in [4.78, 5) is 9.24. The zero-order valence-electron chi connectivity index (χ0n) is 18.3. The Morgan fingerprint density at radius 3 is 2.71 bits per heavy atom. The number of guanidine groups is 1. The highest BCUT2D eigenvalue weighted by Crippen LogP contribution is 2.39. The number of aliphatic hydroxyl groups is 1. The number of fused-ring (bicyclic) bond motifs is 1. The van der Waals surface area contributed by atoms with Crippen molar-refractivity contribution in [2.24, 2.45) is 4.99 Å². The summed E-state index contributed by atoms with van der Waals surface area (Å²) in [6, 6.07) is 3.50. The van der Waals surface area contributed by atoms with Crippen LogP contribution in [0.15, 0.2) is 28.4 Å². The third-order valence-corrected chi connectivity index (χ3v) is 6.75. The second kappa shape index (κ2) is 8.07. The molecule has 0 aliphatic carbocycles. The number of hydrogen-bond donors (Lipinski definition) is 3. The molecule has 0 amide bonds. The monoisotopic (exact) mass is 449 g/mol. The Balaban J connectivity index is 1.77. The molecule has 1 saturated heterocycles. The maximum Gasteiger partial charge on any atom is 0.197 e. The Labute approximate surface area is 186 Å². The Hall–Kier alpha value is -2.16. The van der Waals surface area contributed by atoms with Gasteiger partial charge in [-0.3, -0.25) is 0 Å². The molecule has 2 aliphatic heterocycles. The number of benzene rings is 1. The average Bonchev–Trinajstić information content (AvgIpc) is 3.08. The van der Waals surface area contributed by atoms with Gasteiger partial charge in [-0.05, 0) is 58.2 Å². The molecule has 0 spiro atoms. The molecule has 9 heteroatoms. The summed E-state index contributed by atoms with van der Waals surface area (Å²) in [5.74, 6) is 0.838. The number of ether oxygens (including phenoxy) is 1. The summed E-state index contributed by atoms with van der Waals surface area (Å²) in [6.45, 7) is 8.90. The third kappa shape index (κ3) is 3.81. The fraction of sp³-hybridized carbons (Fsp3) is 0.545. The number of rotatable bonds is 4. The van der Waals surface area contributed by atoms with Gasteiger partial charge in [0.15, 0.2) is 11.8 Å². The van der Waals surface area contributed by atoms with E-state index in [4.69, 9.17) is 21.3 Å². The maximum atomic E-state index is 15.1. The zero-order chi connectivity index (χ0) is 22.4. The van der Waals surface area contributed by atoms with Gasteiger partial charge in [0.05, 0.1) is 22.7 Å². The Morgan fingerprint density at radius 1 is 1.35 bits per heavy atom. The molecule has 2 aliphatic rings. The molecular weight excluding hydrogens is 421 g/mol. The van der Waals surface area contributed by atoms with Crippen LogP contribution < -0.4 is 10.6 Å². The van der Waals surface area contributed by atoms with E-state index in [1.165, 1.54) is 6.07 Å². The molecule has 3 N–H and O–H groups in total. The van der Waals surface area contributed by atoms with Crippen molar-refractivity contribution in [2.45, 2.75) is 57.7 Å². The molecule has 1 aromatic carbocycles. The number of nitrogens with one attached hydrogen (secondary N) is 2. The fourth-order valence-electron chi connectivity index (χ4n) is 4.39. The van der Waals surface area contributed by atoms with Gasteiger partial charge < -0.3 is 25.0 Å². The van der Waals surface area contributed by atoms with Crippen LogP contribution in [0.25, 0.3) is 11.0 Å². The van der Waals surface area contributed by atoms with E-state index in [9.17, 15) is 5.11 Å². The van der Waals surface area contributed by atoms with Gasteiger partial charge in [-0.25, -0.2) is 14.4 Å². The zero-order valence-corrected chi connectivity index (χ0v) is 19.1. The predicted molar refractivity (Wildman–Crippen MR) is 120 cm³/mol. The number of halogens is 2. The minimum absolute atomic E-state index is 0.0430. The van der Waals surface area contributed by atoms with E-state index >= 15 is 4.39 Å². The maximum absolute atomic E-state index is 15.1. The van der Waals surface area contributed by atoms with E-state index in [0.29, 0.717) is 53.6 Å². The third-order valence-electron chi connectivity index (χ3n) is 6.28. The molecule has 1 aromatic heterocycles. The van der Waals surface area contributed by atoms with Crippen LogP contribution in [0, 0.1) is 12.7 Å². The lowest BCUT2D eigenvalue weighted by Gasteiger charge is -2.39. The lowest BCUT2D eigenvalue weighted by molar-refractivity contribution is 0.0202. The highest BCUT2D eigenvalue weighted by Gasteiger charge is 2.38. The molecule has 0 radical (unpaired) electrons. The summed E-state index contributed by atoms with van der Waals surface area (Å²) in [7, 11) is 0. The molecule has 31 heavy (non-hydrogen) atoms. The first kappa shape index (κ1) is 22.0. The molecular formula is C22H29ClFN5O2. The molecule has 1 fully saturated rings. The van der Waals surface area contributed by atoms with Gasteiger partial charge >= 0.3 is 0 Å². The number of imidazole rings is 1. The molecule has 1 atom stereocenters. The predicted octanol–water partition coefficient (Wildman–Crippen LogP) is 3.45. The second-order valence-electron chi connectivity index (χ2n) is 8.79. The summed E-state index contributed by atoms with van der Waals surface area (Å²) in [6.07, 6.45) is 2.98. The van der Waals surface area contributed by atoms with Gasteiger partial charge in [0.1, 0.15) is 16.9 Å². The molecule has 1 unspecified atom stereocenters. The minimum Gasteiger partial charge on any atom is -0.394 e. The van der Waals surface area contributed by atoms with Gasteiger partial charge in [-0.1, -0.05) is 11.6 Å². The average molecular weight is 450 g/mol. The van der Waals surface area contributed by atoms with Crippen molar-refractivity contribution in [1.82, 2.24) is 20.2 Å². The van der Waals surface area contributed by atoms with Crippen LogP contribution in [-0.4, -0.2) is 46.0 Å². The largest absolute Gasteiger partial charge is 0.394 e. The number of aromatic nitrogens is 2. The number of hydrogen-bond acceptors (Lipinski definition) is 6. The normalized spacial score (nSPS) is 23.5. The van der Waals surface area contributed by atoms with Crippen molar-refractivity contribution in [1.29, 1.82) is 0 Å². The summed E-state index contributed by atoms with van der Waals surface area (Å²) >= 11 is 6.60. The van der Waals surface area contributed by atoms with Crippen molar-refractivity contribution < 1.29 is 14.2 Å². The van der Waals surface area contributed by atoms with Crippen molar-refractivity contribution >= 4 is 28.6 Å². The molecule has 7 nitrogen and oxygen atoms in total. The van der Waals surface area contributed by atoms with E-state index in [2.05, 4.69) is 15.6 Å². The van der Waals surface area contributed by atoms with Gasteiger partial charge in [0.2, 0.25) is 0 Å². The van der Waals surface area contributed by atoms with Gasteiger partial charge in [-0.2, -0.15) is 0 Å². The molecule has 0 bridgehead atoms. The number of nitrogens with zero attached hydrogens (tertiary/aromatic N) is 3. The van der Waals surface area contributed by atoms with Crippen molar-refractivity contribution in [3.8, 4) is 0 Å². The molecule has 4 rings (SSSR count). The van der Waals surface area contributed by atoms with Crippen LogP contribution in [0.4, 0.5) is 4.39 Å². The van der Waals surface area contributed by atoms with Crippen molar-refractivity contribution in [2.75, 3.05) is 19.8 Å². The number of aliphatic imine (C=N–C) groups is 1. The quantitative estimate of drug-likeness (QED) is 0.665. The Bertz CT molecular complexity index is 1060. The minimum atomic E-state index is -0.994. The van der Waals surface area contributed by atoms with Crippen molar-refractivity contribution in [3.05, 3.63) is 40.6 Å². The van der Waals surface area contributed by atoms with Gasteiger partial charge in [-0.15, -0.1) is 0 Å². The van der Waals surface area contributed by atoms with E-state index in [1.807, 2.05) is 38.3 Å². The van der Waals surface area contributed by atoms with Gasteiger partial charge in [0.25, 0.3) is 0 Å². The lowest BCUT2D eigenvalue weighted by Crippen LogP contribution is -2.58. The topological polar surface area (TPSA) is 83.7 Å². The van der Waals surface area contributed by atoms with E-state index in [-0.39, 0.29) is 12.6 Å². The van der Waals surface area contributed by atoms with Gasteiger partial charge in [0, 0.05) is 25.5 Å². The molecule has 2 aromatic rings. The van der Waals surface area contributed by atoms with Crippen LogP contribution in [-0.2, 0) is 10.3 Å². The highest BCUT2D eigenvalue weighted by molar-refractivity contribution is 6.31. The van der Waals surface area contributed by atoms with E-state index < -0.39 is 16.9 Å². The first-order valence-electron chi connectivity index (χ1n) is 10.6. The Kier molecular flexibility index (Phi) is 5.74. The fourth-order valence-corrected chi connectivity index (χ4v) is 4.59. The molecule has 168 valence electrons. The first-order valence-corrected chi connectivity index (χ1v) is 10.9. The Morgan fingerprint density at radius 2 is 2.06 bits per heavy atom. The second-order valence-corrected chi connectivity index (χ2v) is 9.20. The summed E-state index contributed by atoms with van der Waals surface area (Å²) in [5.41, 5.74) is 0.174. The van der Waals surface area contributed by atoms with Crippen molar-refractivity contribution in [3.63, 3.8) is 0 Å². The lowest BCUT2D eigenvalue weighted by atomic mass is 9.90. The van der Waals surface area contributed by atoms with E-state index in [1.54, 1.807) is 6.20 Å². The standard InChI is InChI=1S/C22H29ClFN5O2/c1-13(2)29-14(3)26-19-16(24)9-15(10-17(19)29)21(4)18(23)11-25-20(27-21)28-22(12-30)5-7-31-8-6-22/h9-11,13,30H,5-8,12H2,1-4H3,(H2,25,27,28).